The first kappa shape index (κ1) is 24.0. The fraction of sp³-hybridized carbons (Fsp3) is 0.667. The summed E-state index contributed by atoms with van der Waals surface area (Å²) < 4.78 is 27.8. The van der Waals surface area contributed by atoms with Crippen LogP contribution >= 0.6 is 0 Å². The van der Waals surface area contributed by atoms with Gasteiger partial charge in [0.1, 0.15) is 12.6 Å². The molecule has 0 aliphatic carbocycles. The van der Waals surface area contributed by atoms with Crippen LogP contribution in [-0.4, -0.2) is 74.7 Å². The molecule has 3 aliphatic heterocycles. The van der Waals surface area contributed by atoms with Gasteiger partial charge in [0.2, 0.25) is 21.8 Å². The van der Waals surface area contributed by atoms with Crippen LogP contribution in [0.15, 0.2) is 23.1 Å². The Hall–Kier alpha value is -2.13. The van der Waals surface area contributed by atoms with Gasteiger partial charge in [-0.3, -0.25) is 14.5 Å². The molecule has 8 nitrogen and oxygen atoms in total. The molecule has 0 spiro atoms. The van der Waals surface area contributed by atoms with Gasteiger partial charge in [0.05, 0.1) is 16.3 Å². The third kappa shape index (κ3) is 4.62. The van der Waals surface area contributed by atoms with E-state index >= 15 is 0 Å². The molecule has 182 valence electrons. The van der Waals surface area contributed by atoms with E-state index in [-0.39, 0.29) is 29.3 Å². The largest absolute Gasteiger partial charge is 0.358 e. The van der Waals surface area contributed by atoms with Crippen molar-refractivity contribution in [3.63, 3.8) is 0 Å². The predicted molar refractivity (Wildman–Crippen MR) is 129 cm³/mol. The Morgan fingerprint density at radius 2 is 1.64 bits per heavy atom. The average Bonchev–Trinajstić information content (AvgIpc) is 3.12. The molecule has 1 aromatic rings. The molecule has 0 N–H and O–H groups in total. The minimum Gasteiger partial charge on any atom is -0.358 e. The molecule has 2 amide bonds. The van der Waals surface area contributed by atoms with Gasteiger partial charge in [-0.25, -0.2) is 8.42 Å². The van der Waals surface area contributed by atoms with Gasteiger partial charge < -0.3 is 9.80 Å². The molecule has 2 saturated heterocycles. The van der Waals surface area contributed by atoms with Crippen molar-refractivity contribution < 1.29 is 18.0 Å². The van der Waals surface area contributed by atoms with Gasteiger partial charge in [-0.05, 0) is 50.3 Å². The number of piperidine rings is 1. The van der Waals surface area contributed by atoms with E-state index < -0.39 is 10.0 Å². The van der Waals surface area contributed by atoms with Crippen LogP contribution in [0, 0.1) is 0 Å². The van der Waals surface area contributed by atoms with E-state index in [4.69, 9.17) is 0 Å². The van der Waals surface area contributed by atoms with Gasteiger partial charge in [0.15, 0.2) is 0 Å². The van der Waals surface area contributed by atoms with E-state index in [1.165, 1.54) is 4.31 Å². The maximum atomic E-state index is 13.6. The summed E-state index contributed by atoms with van der Waals surface area (Å²) in [6, 6.07) is 4.78. The summed E-state index contributed by atoms with van der Waals surface area (Å²) in [5, 5.41) is 0. The average molecular weight is 477 g/mol. The van der Waals surface area contributed by atoms with Crippen molar-refractivity contribution in [3.8, 4) is 0 Å². The fourth-order valence-electron chi connectivity index (χ4n) is 5.33. The number of likely N-dealkylation sites (tertiary alicyclic amines) is 1. The normalized spacial score (nSPS) is 21.6. The van der Waals surface area contributed by atoms with Gasteiger partial charge in [-0.1, -0.05) is 26.7 Å². The summed E-state index contributed by atoms with van der Waals surface area (Å²) in [6.07, 6.45) is 6.95. The molecule has 3 heterocycles. The predicted octanol–water partition coefficient (Wildman–Crippen LogP) is 2.83. The second kappa shape index (κ2) is 10.0. The topological polar surface area (TPSA) is 81.2 Å². The molecule has 2 fully saturated rings. The molecule has 3 aliphatic rings. The molecule has 0 aromatic heterocycles. The van der Waals surface area contributed by atoms with Crippen molar-refractivity contribution >= 4 is 33.2 Å². The van der Waals surface area contributed by atoms with Crippen LogP contribution in [0.5, 0.6) is 0 Å². The SMILES string of the molecule is CCN(CC)S(=O)(=O)c1ccc2c(c1)N(CC(=O)N1CCCCCC1)C(=O)C1CCCCN21. The molecule has 33 heavy (non-hydrogen) atoms. The van der Waals surface area contributed by atoms with Crippen LogP contribution in [-0.2, 0) is 19.6 Å². The number of rotatable bonds is 6. The fourth-order valence-corrected chi connectivity index (χ4v) is 6.81. The molecule has 1 atom stereocenters. The zero-order valence-corrected chi connectivity index (χ0v) is 20.6. The number of carbonyl (C=O) groups is 2. The highest BCUT2D eigenvalue weighted by Crippen LogP contribution is 2.41. The zero-order valence-electron chi connectivity index (χ0n) is 19.8. The second-order valence-electron chi connectivity index (χ2n) is 9.16. The Balaban J connectivity index is 1.72. The lowest BCUT2D eigenvalue weighted by Gasteiger charge is -2.45. The first-order valence-corrected chi connectivity index (χ1v) is 13.8. The smallest absolute Gasteiger partial charge is 0.250 e. The third-order valence-corrected chi connectivity index (χ3v) is 9.24. The van der Waals surface area contributed by atoms with Gasteiger partial charge in [-0.2, -0.15) is 4.31 Å². The number of benzene rings is 1. The van der Waals surface area contributed by atoms with Crippen LogP contribution in [0.25, 0.3) is 0 Å². The first-order valence-electron chi connectivity index (χ1n) is 12.4. The van der Waals surface area contributed by atoms with Gasteiger partial charge in [0, 0.05) is 32.7 Å². The Bertz CT molecular complexity index is 984. The second-order valence-corrected chi connectivity index (χ2v) is 11.1. The van der Waals surface area contributed by atoms with E-state index in [0.717, 1.165) is 70.3 Å². The lowest BCUT2D eigenvalue weighted by atomic mass is 9.96. The van der Waals surface area contributed by atoms with E-state index in [9.17, 15) is 18.0 Å². The summed E-state index contributed by atoms with van der Waals surface area (Å²) in [7, 11) is -3.68. The van der Waals surface area contributed by atoms with Crippen LogP contribution in [0.3, 0.4) is 0 Å². The molecule has 0 saturated carbocycles. The van der Waals surface area contributed by atoms with Crippen molar-refractivity contribution in [3.05, 3.63) is 18.2 Å². The highest BCUT2D eigenvalue weighted by Gasteiger charge is 2.41. The Kier molecular flexibility index (Phi) is 7.28. The Labute approximate surface area is 197 Å². The van der Waals surface area contributed by atoms with Crippen molar-refractivity contribution in [2.45, 2.75) is 69.7 Å². The standard InChI is InChI=1S/C24H36N4O4S/c1-3-26(4-2)33(31,32)19-12-13-20-22(17-19)28(24(30)21-11-7-10-16-27(20)21)18-23(29)25-14-8-5-6-9-15-25/h12-13,17,21H,3-11,14-16,18H2,1-2H3. The number of fused-ring (bicyclic) bond motifs is 3. The number of hydrogen-bond donors (Lipinski definition) is 0. The van der Waals surface area contributed by atoms with Crippen molar-refractivity contribution in [1.29, 1.82) is 0 Å². The number of nitrogens with zero attached hydrogens (tertiary/aromatic N) is 4. The van der Waals surface area contributed by atoms with Crippen molar-refractivity contribution in [1.82, 2.24) is 9.21 Å². The number of amides is 2. The summed E-state index contributed by atoms with van der Waals surface area (Å²) in [4.78, 5) is 32.5. The van der Waals surface area contributed by atoms with E-state index in [1.54, 1.807) is 17.0 Å². The molecule has 1 unspecified atom stereocenters. The van der Waals surface area contributed by atoms with Crippen LogP contribution < -0.4 is 9.80 Å². The van der Waals surface area contributed by atoms with Gasteiger partial charge in [0.25, 0.3) is 0 Å². The van der Waals surface area contributed by atoms with Crippen LogP contribution in [0.1, 0.15) is 58.8 Å². The zero-order chi connectivity index (χ0) is 23.6. The summed E-state index contributed by atoms with van der Waals surface area (Å²) in [5.74, 6) is -0.153. The van der Waals surface area contributed by atoms with Crippen molar-refractivity contribution in [2.24, 2.45) is 0 Å². The molecule has 9 heteroatoms. The Morgan fingerprint density at radius 3 is 2.30 bits per heavy atom. The highest BCUT2D eigenvalue weighted by molar-refractivity contribution is 7.89. The highest BCUT2D eigenvalue weighted by atomic mass is 32.2. The van der Waals surface area contributed by atoms with E-state index in [1.807, 2.05) is 24.8 Å². The summed E-state index contributed by atoms with van der Waals surface area (Å²) in [6.45, 7) is 6.55. The molecule has 0 bridgehead atoms. The van der Waals surface area contributed by atoms with Crippen molar-refractivity contribution in [2.75, 3.05) is 49.1 Å². The molecular formula is C24H36N4O4S. The maximum absolute atomic E-state index is 13.6. The maximum Gasteiger partial charge on any atom is 0.250 e. The molecule has 0 radical (unpaired) electrons. The number of carbonyl (C=O) groups excluding carboxylic acids is 2. The van der Waals surface area contributed by atoms with Crippen LogP contribution in [0.4, 0.5) is 11.4 Å². The number of hydrogen-bond acceptors (Lipinski definition) is 5. The van der Waals surface area contributed by atoms with E-state index in [2.05, 4.69) is 4.90 Å². The number of sulfonamides is 1. The quantitative estimate of drug-likeness (QED) is 0.631. The Morgan fingerprint density at radius 1 is 0.970 bits per heavy atom. The molecule has 4 rings (SSSR count). The number of anilines is 2. The minimum atomic E-state index is -3.68. The van der Waals surface area contributed by atoms with Gasteiger partial charge in [-0.15, -0.1) is 0 Å². The van der Waals surface area contributed by atoms with E-state index in [0.29, 0.717) is 18.8 Å². The lowest BCUT2D eigenvalue weighted by Crippen LogP contribution is -2.57. The molecule has 1 aromatic carbocycles. The molecular weight excluding hydrogens is 440 g/mol. The lowest BCUT2D eigenvalue weighted by molar-refractivity contribution is -0.131. The summed E-state index contributed by atoms with van der Waals surface area (Å²) >= 11 is 0. The minimum absolute atomic E-state index is 0.0368. The third-order valence-electron chi connectivity index (χ3n) is 7.20. The summed E-state index contributed by atoms with van der Waals surface area (Å²) in [5.41, 5.74) is 1.39. The van der Waals surface area contributed by atoms with Gasteiger partial charge >= 0.3 is 0 Å². The first-order chi connectivity index (χ1) is 15.9. The monoisotopic (exact) mass is 476 g/mol. The van der Waals surface area contributed by atoms with Crippen LogP contribution in [0.2, 0.25) is 0 Å².